The molecule has 224 valence electrons. The van der Waals surface area contributed by atoms with E-state index in [-0.39, 0.29) is 32.1 Å². The van der Waals surface area contributed by atoms with Crippen molar-refractivity contribution in [3.63, 3.8) is 0 Å². The lowest BCUT2D eigenvalue weighted by Gasteiger charge is -2.41. The largest absolute Gasteiger partial charge is 0.493 e. The Hall–Kier alpha value is -2.19. The Bertz CT molecular complexity index is 1000. The lowest BCUT2D eigenvalue weighted by Crippen LogP contribution is -2.55. The minimum atomic E-state index is -1.14. The molecule has 1 aliphatic rings. The van der Waals surface area contributed by atoms with Crippen LogP contribution >= 0.6 is 22.6 Å². The molecule has 4 N–H and O–H groups in total. The van der Waals surface area contributed by atoms with Gasteiger partial charge < -0.3 is 39.7 Å². The third-order valence-corrected chi connectivity index (χ3v) is 7.40. The minimum Gasteiger partial charge on any atom is -0.493 e. The number of carbonyl (C=O) groups is 2. The Kier molecular flexibility index (Phi) is 15.5. The van der Waals surface area contributed by atoms with E-state index in [1.807, 2.05) is 13.0 Å². The summed E-state index contributed by atoms with van der Waals surface area (Å²) in [4.78, 5) is 28.1. The molecule has 0 saturated carbocycles. The number of nitrogens with one attached hydrogen (secondary N) is 1. The zero-order chi connectivity index (χ0) is 29.5. The van der Waals surface area contributed by atoms with Crippen LogP contribution in [0.4, 0.5) is 0 Å². The second-order valence-electron chi connectivity index (χ2n) is 9.46. The number of nitrogens with zero attached hydrogens (tertiary/aromatic N) is 1. The van der Waals surface area contributed by atoms with Crippen LogP contribution in [0, 0.1) is 3.57 Å². The lowest BCUT2D eigenvalue weighted by atomic mass is 9.87. The van der Waals surface area contributed by atoms with Crippen molar-refractivity contribution in [2.45, 2.75) is 70.3 Å². The third kappa shape index (κ3) is 10.0. The van der Waals surface area contributed by atoms with Crippen molar-refractivity contribution in [2.24, 2.45) is 0 Å². The molecule has 3 atom stereocenters. The first-order valence-corrected chi connectivity index (χ1v) is 14.8. The number of halogens is 1. The first kappa shape index (κ1) is 34.0. The summed E-state index contributed by atoms with van der Waals surface area (Å²) in [6.07, 6.45) is 4.61. The highest BCUT2D eigenvalue weighted by Gasteiger charge is 2.40. The van der Waals surface area contributed by atoms with Gasteiger partial charge in [0.2, 0.25) is 11.8 Å². The quantitative estimate of drug-likeness (QED) is 0.106. The van der Waals surface area contributed by atoms with Crippen LogP contribution in [0.5, 0.6) is 11.5 Å². The van der Waals surface area contributed by atoms with Gasteiger partial charge in [-0.3, -0.25) is 9.59 Å². The van der Waals surface area contributed by atoms with E-state index in [9.17, 15) is 24.9 Å². The topological polar surface area (TPSA) is 138 Å². The number of allylic oxidation sites excluding steroid dienone is 1. The van der Waals surface area contributed by atoms with Crippen molar-refractivity contribution in [1.29, 1.82) is 0 Å². The summed E-state index contributed by atoms with van der Waals surface area (Å²) in [5, 5.41) is 33.0. The Morgan fingerprint density at radius 2 is 2.02 bits per heavy atom. The average molecular weight is 675 g/mol. The molecule has 0 spiro atoms. The Morgan fingerprint density at radius 3 is 2.67 bits per heavy atom. The number of methoxy groups -OCH3 is 1. The molecule has 1 aromatic rings. The second-order valence-corrected chi connectivity index (χ2v) is 10.6. The summed E-state index contributed by atoms with van der Waals surface area (Å²) >= 11 is 2.06. The van der Waals surface area contributed by atoms with Gasteiger partial charge in [-0.1, -0.05) is 6.08 Å². The molecule has 2 rings (SSSR count). The van der Waals surface area contributed by atoms with Crippen LogP contribution in [0.2, 0.25) is 0 Å². The number of aliphatic hydroxyl groups excluding tert-OH is 3. The van der Waals surface area contributed by atoms with E-state index in [2.05, 4.69) is 34.5 Å². The third-order valence-electron chi connectivity index (χ3n) is 6.60. The molecule has 11 heteroatoms. The molecular formula is C29H43IN2O8. The Balaban J connectivity index is 2.43. The van der Waals surface area contributed by atoms with Crippen LogP contribution in [0.3, 0.4) is 0 Å². The molecule has 2 amide bonds. The highest BCUT2D eigenvalue weighted by atomic mass is 127. The predicted octanol–water partition coefficient (Wildman–Crippen LogP) is 2.71. The number of hydrogen-bond donors (Lipinski definition) is 4. The summed E-state index contributed by atoms with van der Waals surface area (Å²) in [5.74, 6) is 0.219. The van der Waals surface area contributed by atoms with Gasteiger partial charge in [-0.15, -0.1) is 6.58 Å². The molecular weight excluding hydrogens is 631 g/mol. The second kappa shape index (κ2) is 18.3. The maximum Gasteiger partial charge on any atom is 0.247 e. The zero-order valence-corrected chi connectivity index (χ0v) is 25.6. The van der Waals surface area contributed by atoms with E-state index < -0.39 is 24.2 Å². The lowest BCUT2D eigenvalue weighted by molar-refractivity contribution is -0.139. The average Bonchev–Trinajstić information content (AvgIpc) is 2.95. The molecule has 0 unspecified atom stereocenters. The van der Waals surface area contributed by atoms with E-state index in [4.69, 9.17) is 14.2 Å². The highest BCUT2D eigenvalue weighted by Crippen LogP contribution is 2.37. The van der Waals surface area contributed by atoms with Crippen molar-refractivity contribution in [1.82, 2.24) is 10.2 Å². The molecule has 0 fully saturated rings. The number of aliphatic hydroxyl groups is 3. The Morgan fingerprint density at radius 1 is 1.25 bits per heavy atom. The number of benzene rings is 1. The first-order valence-electron chi connectivity index (χ1n) is 13.7. The van der Waals surface area contributed by atoms with Crippen LogP contribution in [0.1, 0.15) is 51.0 Å². The van der Waals surface area contributed by atoms with Crippen LogP contribution in [0.15, 0.2) is 36.4 Å². The van der Waals surface area contributed by atoms with Gasteiger partial charge in [-0.05, 0) is 79.0 Å². The van der Waals surface area contributed by atoms with E-state index in [1.165, 1.54) is 7.11 Å². The fourth-order valence-electron chi connectivity index (χ4n) is 4.56. The van der Waals surface area contributed by atoms with Gasteiger partial charge in [0.15, 0.2) is 11.5 Å². The van der Waals surface area contributed by atoms with Crippen LogP contribution in [-0.4, -0.2) is 90.3 Å². The van der Waals surface area contributed by atoms with Crippen molar-refractivity contribution in [3.8, 4) is 11.5 Å². The van der Waals surface area contributed by atoms with Gasteiger partial charge in [0.05, 0.1) is 29.9 Å². The molecule has 10 nitrogen and oxygen atoms in total. The van der Waals surface area contributed by atoms with E-state index in [0.717, 1.165) is 12.8 Å². The fourth-order valence-corrected chi connectivity index (χ4v) is 5.35. The van der Waals surface area contributed by atoms with Gasteiger partial charge in [0, 0.05) is 44.7 Å². The molecule has 1 aliphatic carbocycles. The SMILES string of the molecule is C=CCCCCC(=O)N(CCCOCC)[C@@H]1CC(C(=O)NCCO)=C[C@H](Oc2c(I)cc(CO)cc2OC)[C@H]1O. The monoisotopic (exact) mass is 674 g/mol. The van der Waals surface area contributed by atoms with Gasteiger partial charge in [-0.2, -0.15) is 0 Å². The van der Waals surface area contributed by atoms with Crippen molar-refractivity contribution >= 4 is 34.4 Å². The van der Waals surface area contributed by atoms with Crippen LogP contribution < -0.4 is 14.8 Å². The smallest absolute Gasteiger partial charge is 0.247 e. The van der Waals surface area contributed by atoms with E-state index in [0.29, 0.717) is 65.2 Å². The van der Waals surface area contributed by atoms with E-state index in [1.54, 1.807) is 23.1 Å². The summed E-state index contributed by atoms with van der Waals surface area (Å²) in [7, 11) is 1.48. The van der Waals surface area contributed by atoms with Crippen LogP contribution in [0.25, 0.3) is 0 Å². The molecule has 0 aromatic heterocycles. The summed E-state index contributed by atoms with van der Waals surface area (Å²) in [6.45, 7) is 6.69. The predicted molar refractivity (Wildman–Crippen MR) is 160 cm³/mol. The minimum absolute atomic E-state index is 0.0730. The number of hydrogen-bond acceptors (Lipinski definition) is 8. The van der Waals surface area contributed by atoms with Crippen molar-refractivity contribution < 1.29 is 39.1 Å². The molecule has 0 radical (unpaired) electrons. The number of amides is 2. The summed E-state index contributed by atoms with van der Waals surface area (Å²) < 4.78 is 17.9. The summed E-state index contributed by atoms with van der Waals surface area (Å²) in [5.41, 5.74) is 0.988. The fraction of sp³-hybridized carbons (Fsp3) is 0.586. The van der Waals surface area contributed by atoms with Gasteiger partial charge >= 0.3 is 0 Å². The molecule has 0 aliphatic heterocycles. The zero-order valence-electron chi connectivity index (χ0n) is 23.4. The Labute approximate surface area is 250 Å². The number of ether oxygens (including phenoxy) is 3. The van der Waals surface area contributed by atoms with Gasteiger partial charge in [-0.25, -0.2) is 0 Å². The standard InChI is InChI=1S/C29H43IN2O8/c1-4-6-7-8-10-26(35)32(12-9-14-39-5-2)23-17-21(29(37)31-11-13-33)18-24(27(23)36)40-28-22(30)15-20(19-34)16-25(28)38-3/h4,15-16,18,23-24,27,33-34,36H,1,5-14,17,19H2,2-3H3,(H,31,37)/t23-,24+,27+/m1/s1. The van der Waals surface area contributed by atoms with Crippen molar-refractivity contribution in [2.75, 3.05) is 40.0 Å². The number of rotatable bonds is 18. The van der Waals surface area contributed by atoms with Gasteiger partial charge in [0.1, 0.15) is 12.2 Å². The van der Waals surface area contributed by atoms with Crippen LogP contribution in [-0.2, 0) is 20.9 Å². The maximum absolute atomic E-state index is 13.5. The molecule has 1 aromatic carbocycles. The molecule has 0 bridgehead atoms. The molecule has 0 saturated heterocycles. The molecule has 40 heavy (non-hydrogen) atoms. The number of carbonyl (C=O) groups excluding carboxylic acids is 2. The highest BCUT2D eigenvalue weighted by molar-refractivity contribution is 14.1. The molecule has 0 heterocycles. The normalized spacial score (nSPS) is 18.6. The van der Waals surface area contributed by atoms with Crippen molar-refractivity contribution in [3.05, 3.63) is 45.6 Å². The summed E-state index contributed by atoms with van der Waals surface area (Å²) in [6, 6.07) is 2.67. The van der Waals surface area contributed by atoms with Gasteiger partial charge in [0.25, 0.3) is 0 Å². The maximum atomic E-state index is 13.5. The van der Waals surface area contributed by atoms with E-state index >= 15 is 0 Å². The number of unbranched alkanes of at least 4 members (excludes halogenated alkanes) is 2. The first-order chi connectivity index (χ1) is 19.3.